The van der Waals surface area contributed by atoms with Crippen molar-refractivity contribution in [1.82, 2.24) is 15.5 Å². The van der Waals surface area contributed by atoms with E-state index < -0.39 is 42.2 Å². The summed E-state index contributed by atoms with van der Waals surface area (Å²) in [5.41, 5.74) is 1.68. The van der Waals surface area contributed by atoms with Gasteiger partial charge < -0.3 is 15.7 Å². The number of rotatable bonds is 5. The zero-order valence-corrected chi connectivity index (χ0v) is 20.3. The van der Waals surface area contributed by atoms with Crippen molar-refractivity contribution in [1.29, 1.82) is 0 Å². The molecule has 0 aromatic heterocycles. The molecule has 0 bridgehead atoms. The summed E-state index contributed by atoms with van der Waals surface area (Å²) in [5, 5.41) is 15.7. The standard InChI is InChI=1S/C28H30F3N3O3/c29-28(30,31)20-6-3-5-19(14-20)26(37)32-15-25(36)33-23-16-34(17-24(23)35)21-9-12-27(13-10-21)11-8-18-4-1-2-7-22(18)27/h1-8,11,14,21,23-24,35H,9-10,12-13,15-17H2,(H,32,37)(H,33,36)/t21?,23?,24-,27?/m0/s1. The number of amides is 2. The Kier molecular flexibility index (Phi) is 6.85. The molecule has 1 heterocycles. The number of fused-ring (bicyclic) bond motifs is 2. The number of allylic oxidation sites excluding steroid dienone is 1. The zero-order chi connectivity index (χ0) is 26.2. The van der Waals surface area contributed by atoms with Gasteiger partial charge in [-0.3, -0.25) is 14.5 Å². The van der Waals surface area contributed by atoms with E-state index in [9.17, 15) is 27.9 Å². The summed E-state index contributed by atoms with van der Waals surface area (Å²) in [6.45, 7) is 0.584. The Morgan fingerprint density at radius 3 is 2.57 bits per heavy atom. The van der Waals surface area contributed by atoms with E-state index in [2.05, 4.69) is 52.0 Å². The van der Waals surface area contributed by atoms with Gasteiger partial charge in [-0.2, -0.15) is 13.2 Å². The van der Waals surface area contributed by atoms with E-state index in [1.165, 1.54) is 17.2 Å². The van der Waals surface area contributed by atoms with Gasteiger partial charge >= 0.3 is 6.18 Å². The Hall–Kier alpha value is -3.17. The first-order valence-electron chi connectivity index (χ1n) is 12.6. The number of likely N-dealkylation sites (tertiary alicyclic amines) is 1. The predicted molar refractivity (Wildman–Crippen MR) is 133 cm³/mol. The number of alkyl halides is 3. The van der Waals surface area contributed by atoms with Crippen molar-refractivity contribution in [3.8, 4) is 0 Å². The summed E-state index contributed by atoms with van der Waals surface area (Å²) in [4.78, 5) is 26.9. The fourth-order valence-electron chi connectivity index (χ4n) is 5.97. The lowest BCUT2D eigenvalue weighted by Crippen LogP contribution is -2.47. The Morgan fingerprint density at radius 1 is 1.05 bits per heavy atom. The van der Waals surface area contributed by atoms with Crippen LogP contribution < -0.4 is 10.6 Å². The molecule has 2 aromatic rings. The Morgan fingerprint density at radius 2 is 1.81 bits per heavy atom. The van der Waals surface area contributed by atoms with Crippen LogP contribution in [0, 0.1) is 0 Å². The van der Waals surface area contributed by atoms with Crippen molar-refractivity contribution >= 4 is 17.9 Å². The van der Waals surface area contributed by atoms with Crippen LogP contribution in [0.5, 0.6) is 0 Å². The van der Waals surface area contributed by atoms with Crippen LogP contribution in [0.2, 0.25) is 0 Å². The second-order valence-electron chi connectivity index (χ2n) is 10.3. The lowest BCUT2D eigenvalue weighted by atomic mass is 9.69. The number of carbonyl (C=O) groups is 2. The van der Waals surface area contributed by atoms with Crippen molar-refractivity contribution in [3.63, 3.8) is 0 Å². The Bertz CT molecular complexity index is 1200. The summed E-state index contributed by atoms with van der Waals surface area (Å²) < 4.78 is 38.7. The predicted octanol–water partition coefficient (Wildman–Crippen LogP) is 3.50. The van der Waals surface area contributed by atoms with Crippen molar-refractivity contribution < 1.29 is 27.9 Å². The molecule has 0 radical (unpaired) electrons. The molecule has 3 aliphatic rings. The number of hydrogen-bond acceptors (Lipinski definition) is 4. The molecule has 9 heteroatoms. The van der Waals surface area contributed by atoms with E-state index in [-0.39, 0.29) is 11.0 Å². The fraction of sp³-hybridized carbons (Fsp3) is 0.429. The average molecular weight is 514 g/mol. The molecular weight excluding hydrogens is 483 g/mol. The molecule has 1 unspecified atom stereocenters. The highest BCUT2D eigenvalue weighted by Gasteiger charge is 2.42. The molecule has 1 spiro atoms. The topological polar surface area (TPSA) is 81.7 Å². The molecule has 2 amide bonds. The minimum atomic E-state index is -4.56. The molecule has 37 heavy (non-hydrogen) atoms. The second-order valence-corrected chi connectivity index (χ2v) is 10.3. The number of aliphatic hydroxyl groups is 1. The number of β-amino-alcohol motifs (C(OH)–C–C–N with tert-alkyl or cyclic N) is 1. The maximum absolute atomic E-state index is 12.9. The van der Waals surface area contributed by atoms with E-state index >= 15 is 0 Å². The van der Waals surface area contributed by atoms with Crippen LogP contribution in [0.25, 0.3) is 6.08 Å². The molecule has 2 aliphatic carbocycles. The van der Waals surface area contributed by atoms with E-state index in [4.69, 9.17) is 0 Å². The molecule has 1 saturated carbocycles. The fourth-order valence-corrected chi connectivity index (χ4v) is 5.97. The number of halogens is 3. The molecule has 6 nitrogen and oxygen atoms in total. The molecule has 5 rings (SSSR count). The SMILES string of the molecule is O=C(CNC(=O)c1cccc(C(F)(F)F)c1)NC1CN(C2CCC3(C=Cc4ccccc43)CC2)C[C@@H]1O. The quantitative estimate of drug-likeness (QED) is 0.572. The number of benzene rings is 2. The number of hydrogen-bond donors (Lipinski definition) is 3. The summed E-state index contributed by atoms with van der Waals surface area (Å²) in [5.74, 6) is -1.27. The van der Waals surface area contributed by atoms with Crippen molar-refractivity contribution in [3.05, 3.63) is 76.9 Å². The maximum Gasteiger partial charge on any atom is 0.416 e. The monoisotopic (exact) mass is 513 g/mol. The molecule has 1 saturated heterocycles. The molecule has 2 fully saturated rings. The van der Waals surface area contributed by atoms with Gasteiger partial charge in [-0.05, 0) is 55.0 Å². The minimum absolute atomic E-state index is 0.0941. The first kappa shape index (κ1) is 25.5. The van der Waals surface area contributed by atoms with Crippen LogP contribution >= 0.6 is 0 Å². The number of carbonyl (C=O) groups excluding carboxylic acids is 2. The Labute approximate surface area is 213 Å². The molecule has 1 aliphatic heterocycles. The van der Waals surface area contributed by atoms with Crippen LogP contribution in [0.1, 0.15) is 52.7 Å². The van der Waals surface area contributed by atoms with Crippen molar-refractivity contribution in [2.24, 2.45) is 0 Å². The van der Waals surface area contributed by atoms with Gasteiger partial charge in [0.25, 0.3) is 5.91 Å². The van der Waals surface area contributed by atoms with Crippen LogP contribution in [-0.4, -0.2) is 59.6 Å². The van der Waals surface area contributed by atoms with Gasteiger partial charge in [0.15, 0.2) is 0 Å². The van der Waals surface area contributed by atoms with Gasteiger partial charge in [-0.15, -0.1) is 0 Å². The average Bonchev–Trinajstić information content (AvgIpc) is 3.43. The molecule has 3 N–H and O–H groups in total. The number of nitrogens with one attached hydrogen (secondary N) is 2. The highest BCUT2D eigenvalue weighted by molar-refractivity contribution is 5.96. The van der Waals surface area contributed by atoms with E-state index in [1.54, 1.807) is 0 Å². The van der Waals surface area contributed by atoms with Gasteiger partial charge in [0.05, 0.1) is 24.3 Å². The second kappa shape index (κ2) is 9.95. The van der Waals surface area contributed by atoms with Crippen LogP contribution in [0.4, 0.5) is 13.2 Å². The largest absolute Gasteiger partial charge is 0.416 e. The third-order valence-electron chi connectivity index (χ3n) is 7.97. The van der Waals surface area contributed by atoms with E-state index in [0.717, 1.165) is 43.9 Å². The van der Waals surface area contributed by atoms with Crippen LogP contribution in [0.15, 0.2) is 54.6 Å². The Balaban J connectivity index is 1.10. The van der Waals surface area contributed by atoms with Crippen molar-refractivity contribution in [2.75, 3.05) is 19.6 Å². The maximum atomic E-state index is 12.9. The molecule has 2 atom stereocenters. The van der Waals surface area contributed by atoms with Gasteiger partial charge in [0.1, 0.15) is 0 Å². The normalized spacial score (nSPS) is 27.3. The lowest BCUT2D eigenvalue weighted by Gasteiger charge is -2.40. The highest BCUT2D eigenvalue weighted by atomic mass is 19.4. The first-order valence-corrected chi connectivity index (χ1v) is 12.6. The van der Waals surface area contributed by atoms with Gasteiger partial charge in [0.2, 0.25) is 5.91 Å². The van der Waals surface area contributed by atoms with Crippen LogP contribution in [-0.2, 0) is 16.4 Å². The third-order valence-corrected chi connectivity index (χ3v) is 7.97. The van der Waals surface area contributed by atoms with Gasteiger partial charge in [-0.25, -0.2) is 0 Å². The molecule has 2 aromatic carbocycles. The van der Waals surface area contributed by atoms with Gasteiger partial charge in [0, 0.05) is 30.1 Å². The summed E-state index contributed by atoms with van der Waals surface area (Å²) in [6.07, 6.45) is 3.34. The third kappa shape index (κ3) is 5.29. The first-order chi connectivity index (χ1) is 17.6. The van der Waals surface area contributed by atoms with Crippen molar-refractivity contribution in [2.45, 2.75) is 55.5 Å². The summed E-state index contributed by atoms with van der Waals surface area (Å²) >= 11 is 0. The number of aliphatic hydroxyl groups excluding tert-OH is 1. The number of nitrogens with zero attached hydrogens (tertiary/aromatic N) is 1. The van der Waals surface area contributed by atoms with Gasteiger partial charge in [-0.1, -0.05) is 42.5 Å². The highest BCUT2D eigenvalue weighted by Crippen LogP contribution is 2.47. The molecular formula is C28H30F3N3O3. The van der Waals surface area contributed by atoms with E-state index in [0.29, 0.717) is 19.1 Å². The lowest BCUT2D eigenvalue weighted by molar-refractivity contribution is -0.137. The summed E-state index contributed by atoms with van der Waals surface area (Å²) in [7, 11) is 0. The summed E-state index contributed by atoms with van der Waals surface area (Å²) in [6, 6.07) is 12.4. The smallest absolute Gasteiger partial charge is 0.390 e. The molecule has 196 valence electrons. The zero-order valence-electron chi connectivity index (χ0n) is 20.3. The van der Waals surface area contributed by atoms with Crippen LogP contribution in [0.3, 0.4) is 0 Å². The van der Waals surface area contributed by atoms with E-state index in [1.807, 2.05) is 0 Å². The minimum Gasteiger partial charge on any atom is -0.390 e.